The first-order valence-electron chi connectivity index (χ1n) is 7.52. The lowest BCUT2D eigenvalue weighted by Crippen LogP contribution is -2.54. The lowest BCUT2D eigenvalue weighted by molar-refractivity contribution is -0.125. The van der Waals surface area contributed by atoms with Crippen LogP contribution in [0.25, 0.3) is 0 Å². The Kier molecular flexibility index (Phi) is 4.37. The number of hydrogen-bond donors (Lipinski definition) is 0. The molecule has 0 radical (unpaired) electrons. The number of carbonyl (C=O) groups excluding carboxylic acids is 2. The van der Waals surface area contributed by atoms with E-state index in [1.54, 1.807) is 24.3 Å². The van der Waals surface area contributed by atoms with Crippen LogP contribution in [0.15, 0.2) is 48.5 Å². The van der Waals surface area contributed by atoms with E-state index in [0.29, 0.717) is 22.9 Å². The highest BCUT2D eigenvalue weighted by molar-refractivity contribution is 6.13. The molecule has 24 heavy (non-hydrogen) atoms. The summed E-state index contributed by atoms with van der Waals surface area (Å²) in [6, 6.07) is 14.3. The number of carbonyl (C=O) groups is 2. The lowest BCUT2D eigenvalue weighted by atomic mass is 10.2. The molecular formula is C18H18N2O4. The minimum absolute atomic E-state index is 0.0444. The van der Waals surface area contributed by atoms with Crippen molar-refractivity contribution in [1.29, 1.82) is 0 Å². The van der Waals surface area contributed by atoms with Gasteiger partial charge in [0.1, 0.15) is 24.6 Å². The lowest BCUT2D eigenvalue weighted by Gasteiger charge is -2.34. The summed E-state index contributed by atoms with van der Waals surface area (Å²) in [4.78, 5) is 28.2. The summed E-state index contributed by atoms with van der Waals surface area (Å²) in [6.07, 6.45) is 0. The van der Waals surface area contributed by atoms with Gasteiger partial charge in [-0.1, -0.05) is 24.3 Å². The molecule has 2 aromatic carbocycles. The van der Waals surface area contributed by atoms with Gasteiger partial charge in [-0.05, 0) is 24.3 Å². The molecular weight excluding hydrogens is 308 g/mol. The Hall–Kier alpha value is -3.02. The molecule has 2 aromatic rings. The van der Waals surface area contributed by atoms with Gasteiger partial charge < -0.3 is 9.47 Å². The van der Waals surface area contributed by atoms with Crippen molar-refractivity contribution in [2.45, 2.75) is 0 Å². The minimum Gasteiger partial charge on any atom is -0.495 e. The van der Waals surface area contributed by atoms with E-state index in [-0.39, 0.29) is 24.9 Å². The normalized spacial score (nSPS) is 14.8. The van der Waals surface area contributed by atoms with E-state index in [1.807, 2.05) is 24.3 Å². The quantitative estimate of drug-likeness (QED) is 0.863. The van der Waals surface area contributed by atoms with Crippen molar-refractivity contribution in [1.82, 2.24) is 0 Å². The summed E-state index contributed by atoms with van der Waals surface area (Å²) in [7, 11) is 3.08. The van der Waals surface area contributed by atoms with Crippen molar-refractivity contribution < 1.29 is 19.1 Å². The summed E-state index contributed by atoms with van der Waals surface area (Å²) in [5, 5.41) is 0. The summed E-state index contributed by atoms with van der Waals surface area (Å²) in [5.41, 5.74) is 1.19. The molecule has 0 unspecified atom stereocenters. The number of methoxy groups -OCH3 is 2. The molecule has 1 aliphatic rings. The molecule has 0 atom stereocenters. The van der Waals surface area contributed by atoms with Gasteiger partial charge >= 0.3 is 0 Å². The molecule has 1 saturated heterocycles. The van der Waals surface area contributed by atoms with Crippen molar-refractivity contribution in [3.63, 3.8) is 0 Å². The highest BCUT2D eigenvalue weighted by Crippen LogP contribution is 2.32. The maximum atomic E-state index is 12.6. The second kappa shape index (κ2) is 6.62. The molecule has 0 saturated carbocycles. The van der Waals surface area contributed by atoms with Crippen LogP contribution in [0.5, 0.6) is 11.5 Å². The van der Waals surface area contributed by atoms with E-state index in [0.717, 1.165) is 0 Å². The highest BCUT2D eigenvalue weighted by atomic mass is 16.5. The molecule has 0 bridgehead atoms. The number of benzene rings is 2. The topological polar surface area (TPSA) is 59.1 Å². The van der Waals surface area contributed by atoms with Gasteiger partial charge in [0.2, 0.25) is 11.8 Å². The van der Waals surface area contributed by atoms with Gasteiger partial charge in [-0.2, -0.15) is 0 Å². The first-order valence-corrected chi connectivity index (χ1v) is 7.52. The predicted molar refractivity (Wildman–Crippen MR) is 90.7 cm³/mol. The maximum Gasteiger partial charge on any atom is 0.247 e. The number of para-hydroxylation sites is 4. The van der Waals surface area contributed by atoms with Gasteiger partial charge in [-0.15, -0.1) is 0 Å². The predicted octanol–water partition coefficient (Wildman–Crippen LogP) is 2.08. The molecule has 6 nitrogen and oxygen atoms in total. The Morgan fingerprint density at radius 3 is 1.46 bits per heavy atom. The van der Waals surface area contributed by atoms with Crippen LogP contribution in [0.1, 0.15) is 0 Å². The van der Waals surface area contributed by atoms with E-state index in [9.17, 15) is 9.59 Å². The summed E-state index contributed by atoms with van der Waals surface area (Å²) >= 11 is 0. The van der Waals surface area contributed by atoms with E-state index in [2.05, 4.69) is 0 Å². The third-order valence-electron chi connectivity index (χ3n) is 3.94. The number of ether oxygens (including phenoxy) is 2. The molecule has 0 N–H and O–H groups in total. The van der Waals surface area contributed by atoms with Gasteiger partial charge in [-0.25, -0.2) is 0 Å². The smallest absolute Gasteiger partial charge is 0.247 e. The van der Waals surface area contributed by atoms with Gasteiger partial charge in [0.05, 0.1) is 25.6 Å². The van der Waals surface area contributed by atoms with Crippen LogP contribution in [0.3, 0.4) is 0 Å². The Bertz CT molecular complexity index is 710. The average Bonchev–Trinajstić information content (AvgIpc) is 2.63. The van der Waals surface area contributed by atoms with Crippen molar-refractivity contribution in [3.05, 3.63) is 48.5 Å². The second-order valence-electron chi connectivity index (χ2n) is 5.30. The molecule has 6 heteroatoms. The van der Waals surface area contributed by atoms with Crippen LogP contribution < -0.4 is 19.3 Å². The van der Waals surface area contributed by atoms with Gasteiger partial charge in [0.15, 0.2) is 0 Å². The molecule has 1 fully saturated rings. The van der Waals surface area contributed by atoms with Crippen molar-refractivity contribution in [2.24, 2.45) is 0 Å². The number of rotatable bonds is 4. The first-order chi connectivity index (χ1) is 11.7. The van der Waals surface area contributed by atoms with E-state index >= 15 is 0 Å². The van der Waals surface area contributed by atoms with Gasteiger partial charge in [0, 0.05) is 0 Å². The fourth-order valence-corrected chi connectivity index (χ4v) is 2.76. The zero-order valence-corrected chi connectivity index (χ0v) is 13.6. The van der Waals surface area contributed by atoms with Crippen molar-refractivity contribution >= 4 is 23.2 Å². The standard InChI is InChI=1S/C18H18N2O4/c1-23-15-9-5-3-7-13(15)19-11-18(22)20(12-17(19)21)14-8-4-6-10-16(14)24-2/h3-10H,11-12H2,1-2H3. The average molecular weight is 326 g/mol. The molecule has 124 valence electrons. The van der Waals surface area contributed by atoms with Crippen LogP contribution in [-0.2, 0) is 9.59 Å². The van der Waals surface area contributed by atoms with Crippen LogP contribution in [0.4, 0.5) is 11.4 Å². The third kappa shape index (κ3) is 2.78. The summed E-state index contributed by atoms with van der Waals surface area (Å²) in [5.74, 6) is 0.767. The fraction of sp³-hybridized carbons (Fsp3) is 0.222. The number of amides is 2. The molecule has 0 spiro atoms. The zero-order chi connectivity index (χ0) is 17.1. The molecule has 1 heterocycles. The molecule has 1 aliphatic heterocycles. The van der Waals surface area contributed by atoms with Crippen LogP contribution in [-0.4, -0.2) is 39.1 Å². The van der Waals surface area contributed by atoms with Crippen LogP contribution >= 0.6 is 0 Å². The van der Waals surface area contributed by atoms with Crippen LogP contribution in [0.2, 0.25) is 0 Å². The molecule has 3 rings (SSSR count). The zero-order valence-electron chi connectivity index (χ0n) is 13.6. The van der Waals surface area contributed by atoms with E-state index in [1.165, 1.54) is 24.0 Å². The van der Waals surface area contributed by atoms with Crippen LogP contribution in [0, 0.1) is 0 Å². The highest BCUT2D eigenvalue weighted by Gasteiger charge is 2.34. The van der Waals surface area contributed by atoms with Crippen molar-refractivity contribution in [3.8, 4) is 11.5 Å². The minimum atomic E-state index is -0.176. The first kappa shape index (κ1) is 15.9. The maximum absolute atomic E-state index is 12.6. The Morgan fingerprint density at radius 2 is 1.08 bits per heavy atom. The van der Waals surface area contributed by atoms with Gasteiger partial charge in [-0.3, -0.25) is 19.4 Å². The SMILES string of the molecule is COc1ccccc1N1CC(=O)N(c2ccccc2OC)CC1=O. The largest absolute Gasteiger partial charge is 0.495 e. The summed E-state index contributed by atoms with van der Waals surface area (Å²) < 4.78 is 10.6. The molecule has 2 amide bonds. The Morgan fingerprint density at radius 1 is 0.708 bits per heavy atom. The van der Waals surface area contributed by atoms with Crippen molar-refractivity contribution in [2.75, 3.05) is 37.1 Å². The fourth-order valence-electron chi connectivity index (χ4n) is 2.76. The second-order valence-corrected chi connectivity index (χ2v) is 5.30. The number of nitrogens with zero attached hydrogens (tertiary/aromatic N) is 2. The van der Waals surface area contributed by atoms with E-state index < -0.39 is 0 Å². The Balaban J connectivity index is 1.90. The monoisotopic (exact) mass is 326 g/mol. The number of hydrogen-bond acceptors (Lipinski definition) is 4. The van der Waals surface area contributed by atoms with E-state index in [4.69, 9.17) is 9.47 Å². The molecule has 0 aromatic heterocycles. The number of piperazine rings is 1. The van der Waals surface area contributed by atoms with Gasteiger partial charge in [0.25, 0.3) is 0 Å². The number of anilines is 2. The Labute approximate surface area is 140 Å². The molecule has 0 aliphatic carbocycles. The summed E-state index contributed by atoms with van der Waals surface area (Å²) in [6.45, 7) is -0.0888. The third-order valence-corrected chi connectivity index (χ3v) is 3.94.